The third kappa shape index (κ3) is 4.06. The molecule has 0 bridgehead atoms. The first-order valence-corrected chi connectivity index (χ1v) is 10.1. The number of hydrogen-bond acceptors (Lipinski definition) is 6. The maximum absolute atomic E-state index is 12.7. The molecule has 2 heterocycles. The Balaban J connectivity index is 2.34. The summed E-state index contributed by atoms with van der Waals surface area (Å²) in [5, 5.41) is 1.83. The van der Waals surface area contributed by atoms with Crippen molar-refractivity contribution in [2.75, 3.05) is 41.4 Å². The van der Waals surface area contributed by atoms with Crippen LogP contribution in [0.1, 0.15) is 46.0 Å². The average Bonchev–Trinajstić information content (AvgIpc) is 3.20. The second kappa shape index (κ2) is 8.89. The highest BCUT2D eigenvalue weighted by atomic mass is 16.5. The first-order valence-electron chi connectivity index (χ1n) is 10.1. The molecular formula is C22H30N4O4. The van der Waals surface area contributed by atoms with Crippen molar-refractivity contribution in [1.82, 2.24) is 19.8 Å². The Labute approximate surface area is 176 Å². The highest BCUT2D eigenvalue weighted by Crippen LogP contribution is 2.34. The van der Waals surface area contributed by atoms with Crippen molar-refractivity contribution in [3.05, 3.63) is 34.6 Å². The predicted molar refractivity (Wildman–Crippen MR) is 117 cm³/mol. The molecule has 0 fully saturated rings. The zero-order valence-electron chi connectivity index (χ0n) is 18.5. The fourth-order valence-corrected chi connectivity index (χ4v) is 3.78. The van der Waals surface area contributed by atoms with Gasteiger partial charge in [0.2, 0.25) is 0 Å². The molecule has 8 heteroatoms. The lowest BCUT2D eigenvalue weighted by molar-refractivity contribution is 0.0509. The molecule has 162 valence electrons. The van der Waals surface area contributed by atoms with E-state index >= 15 is 0 Å². The van der Waals surface area contributed by atoms with Crippen molar-refractivity contribution >= 4 is 33.7 Å². The van der Waals surface area contributed by atoms with Crippen LogP contribution in [0.4, 0.5) is 0 Å². The fraction of sp³-hybridized carbons (Fsp3) is 0.455. The van der Waals surface area contributed by atoms with Crippen LogP contribution in [-0.4, -0.2) is 73.1 Å². The van der Waals surface area contributed by atoms with Crippen LogP contribution < -0.4 is 0 Å². The van der Waals surface area contributed by atoms with Gasteiger partial charge in [-0.1, -0.05) is 6.07 Å². The van der Waals surface area contributed by atoms with E-state index in [4.69, 9.17) is 9.47 Å². The monoisotopic (exact) mass is 414 g/mol. The minimum atomic E-state index is -0.385. The summed E-state index contributed by atoms with van der Waals surface area (Å²) in [6, 6.07) is 3.92. The third-order valence-electron chi connectivity index (χ3n) is 4.85. The van der Waals surface area contributed by atoms with Crippen LogP contribution in [0.25, 0.3) is 21.8 Å². The highest BCUT2D eigenvalue weighted by molar-refractivity contribution is 6.13. The zero-order valence-corrected chi connectivity index (χ0v) is 18.5. The predicted octanol–water partition coefficient (Wildman–Crippen LogP) is 3.13. The molecule has 0 saturated heterocycles. The highest BCUT2D eigenvalue weighted by Gasteiger charge is 2.25. The molecule has 3 rings (SSSR count). The van der Waals surface area contributed by atoms with Gasteiger partial charge in [-0.15, -0.1) is 0 Å². The molecule has 2 N–H and O–H groups in total. The SMILES string of the molecule is CCOC(=O)c1[nH]c2c(ccc3[nH]c(C(=O)OCC)c(CN(C)C)c32)c1CN(C)C. The molecule has 0 aliphatic carbocycles. The largest absolute Gasteiger partial charge is 0.461 e. The molecule has 0 aliphatic heterocycles. The number of ether oxygens (including phenoxy) is 2. The van der Waals surface area contributed by atoms with Crippen LogP contribution in [0, 0.1) is 0 Å². The molecule has 30 heavy (non-hydrogen) atoms. The summed E-state index contributed by atoms with van der Waals surface area (Å²) in [5.74, 6) is -0.765. The Morgan fingerprint density at radius 3 is 1.90 bits per heavy atom. The average molecular weight is 415 g/mol. The molecule has 1 aromatic carbocycles. The maximum Gasteiger partial charge on any atom is 0.355 e. The summed E-state index contributed by atoms with van der Waals surface area (Å²) in [4.78, 5) is 35.8. The standard InChI is InChI=1S/C22H30N4O4/c1-7-29-21(27)19-14(11-25(3)4)13-9-10-16-17(18(13)24-19)15(12-26(5)6)20(23-16)22(28)30-8-2/h9-10,23-24H,7-8,11-12H2,1-6H3. The van der Waals surface area contributed by atoms with Gasteiger partial charge in [0, 0.05) is 40.5 Å². The summed E-state index contributed by atoms with van der Waals surface area (Å²) >= 11 is 0. The second-order valence-corrected chi connectivity index (χ2v) is 7.78. The van der Waals surface area contributed by atoms with Gasteiger partial charge in [0.1, 0.15) is 11.4 Å². The van der Waals surface area contributed by atoms with E-state index in [1.807, 2.05) is 50.1 Å². The lowest BCUT2D eigenvalue weighted by Gasteiger charge is -2.11. The molecule has 3 aromatic rings. The Bertz CT molecular complexity index is 1080. The van der Waals surface area contributed by atoms with E-state index in [-0.39, 0.29) is 11.9 Å². The van der Waals surface area contributed by atoms with Crippen LogP contribution in [0.3, 0.4) is 0 Å². The van der Waals surface area contributed by atoms with Crippen LogP contribution in [0.2, 0.25) is 0 Å². The van der Waals surface area contributed by atoms with Gasteiger partial charge < -0.3 is 29.2 Å². The number of esters is 2. The maximum atomic E-state index is 12.7. The topological polar surface area (TPSA) is 90.7 Å². The smallest absolute Gasteiger partial charge is 0.355 e. The molecule has 0 unspecified atom stereocenters. The van der Waals surface area contributed by atoms with E-state index < -0.39 is 0 Å². The van der Waals surface area contributed by atoms with E-state index in [1.54, 1.807) is 13.8 Å². The Kier molecular flexibility index (Phi) is 6.48. The van der Waals surface area contributed by atoms with Crippen molar-refractivity contribution in [1.29, 1.82) is 0 Å². The lowest BCUT2D eigenvalue weighted by Crippen LogP contribution is -2.15. The lowest BCUT2D eigenvalue weighted by atomic mass is 10.0. The number of H-pyrrole nitrogens is 2. The number of carbonyl (C=O) groups excluding carboxylic acids is 2. The van der Waals surface area contributed by atoms with Crippen molar-refractivity contribution < 1.29 is 19.1 Å². The zero-order chi connectivity index (χ0) is 22.0. The van der Waals surface area contributed by atoms with Crippen LogP contribution in [0.15, 0.2) is 12.1 Å². The fourth-order valence-electron chi connectivity index (χ4n) is 3.78. The number of aromatic amines is 2. The van der Waals surface area contributed by atoms with Gasteiger partial charge in [-0.05, 0) is 48.1 Å². The minimum absolute atomic E-state index is 0.299. The van der Waals surface area contributed by atoms with Crippen LogP contribution >= 0.6 is 0 Å². The second-order valence-electron chi connectivity index (χ2n) is 7.78. The van der Waals surface area contributed by atoms with Gasteiger partial charge >= 0.3 is 11.9 Å². The number of benzene rings is 1. The van der Waals surface area contributed by atoms with Gasteiger partial charge in [-0.2, -0.15) is 0 Å². The van der Waals surface area contributed by atoms with Crippen molar-refractivity contribution in [2.24, 2.45) is 0 Å². The quantitative estimate of drug-likeness (QED) is 0.551. The van der Waals surface area contributed by atoms with Gasteiger partial charge in [-0.3, -0.25) is 0 Å². The van der Waals surface area contributed by atoms with Gasteiger partial charge in [0.15, 0.2) is 0 Å². The van der Waals surface area contributed by atoms with E-state index in [0.717, 1.165) is 32.9 Å². The van der Waals surface area contributed by atoms with Crippen molar-refractivity contribution in [2.45, 2.75) is 26.9 Å². The molecule has 2 aromatic heterocycles. The summed E-state index contributed by atoms with van der Waals surface area (Å²) in [7, 11) is 7.81. The van der Waals surface area contributed by atoms with Crippen molar-refractivity contribution in [3.63, 3.8) is 0 Å². The molecule has 0 amide bonds. The first-order chi connectivity index (χ1) is 14.3. The summed E-state index contributed by atoms with van der Waals surface area (Å²) in [6.07, 6.45) is 0. The van der Waals surface area contributed by atoms with E-state index in [2.05, 4.69) is 9.97 Å². The molecule has 0 radical (unpaired) electrons. The van der Waals surface area contributed by atoms with Crippen molar-refractivity contribution in [3.8, 4) is 0 Å². The van der Waals surface area contributed by atoms with Gasteiger partial charge in [-0.25, -0.2) is 9.59 Å². The third-order valence-corrected chi connectivity index (χ3v) is 4.85. The number of rotatable bonds is 8. The van der Waals surface area contributed by atoms with Gasteiger partial charge in [0.05, 0.1) is 18.7 Å². The first kappa shape index (κ1) is 21.9. The molecule has 0 aliphatic rings. The van der Waals surface area contributed by atoms with E-state index in [1.165, 1.54) is 0 Å². The number of fused-ring (bicyclic) bond motifs is 3. The summed E-state index contributed by atoms with van der Waals surface area (Å²) < 4.78 is 10.5. The van der Waals surface area contributed by atoms with Crippen LogP contribution in [0.5, 0.6) is 0 Å². The molecule has 8 nitrogen and oxygen atoms in total. The summed E-state index contributed by atoms with van der Waals surface area (Å²) in [5.41, 5.74) is 4.24. The number of carbonyl (C=O) groups is 2. The number of nitrogens with one attached hydrogen (secondary N) is 2. The molecular weight excluding hydrogens is 384 g/mol. The van der Waals surface area contributed by atoms with E-state index in [0.29, 0.717) is 37.7 Å². The number of aromatic nitrogens is 2. The normalized spacial score (nSPS) is 11.7. The van der Waals surface area contributed by atoms with Crippen LogP contribution in [-0.2, 0) is 22.6 Å². The summed E-state index contributed by atoms with van der Waals surface area (Å²) in [6.45, 7) is 5.30. The van der Waals surface area contributed by atoms with Gasteiger partial charge in [0.25, 0.3) is 0 Å². The number of nitrogens with zero attached hydrogens (tertiary/aromatic N) is 2. The number of hydrogen-bond donors (Lipinski definition) is 2. The Morgan fingerprint density at radius 1 is 0.833 bits per heavy atom. The Hall–Kier alpha value is -2.84. The molecule has 0 saturated carbocycles. The Morgan fingerprint density at radius 2 is 1.37 bits per heavy atom. The molecule has 0 spiro atoms. The van der Waals surface area contributed by atoms with E-state index in [9.17, 15) is 9.59 Å². The minimum Gasteiger partial charge on any atom is -0.461 e. The molecule has 0 atom stereocenters.